The molecule has 1 aromatic carbocycles. The molecular weight excluding hydrogens is 226 g/mol. The maximum atomic E-state index is 11.0. The lowest BCUT2D eigenvalue weighted by Gasteiger charge is -1.97. The summed E-state index contributed by atoms with van der Waals surface area (Å²) in [5.41, 5.74) is 6.16. The molecule has 0 aliphatic heterocycles. The summed E-state index contributed by atoms with van der Waals surface area (Å²) in [6, 6.07) is 6.15. The fourth-order valence-corrected chi connectivity index (χ4v) is 1.52. The van der Waals surface area contributed by atoms with Crippen LogP contribution >= 0.6 is 0 Å². The zero-order valence-corrected chi connectivity index (χ0v) is 9.61. The van der Waals surface area contributed by atoms with E-state index >= 15 is 0 Å². The third kappa shape index (κ3) is 3.84. The van der Waals surface area contributed by atoms with Crippen LogP contribution in [0.2, 0.25) is 0 Å². The van der Waals surface area contributed by atoms with E-state index in [2.05, 4.69) is 4.99 Å². The molecule has 4 N–H and O–H groups in total. The first-order valence-electron chi connectivity index (χ1n) is 4.49. The van der Waals surface area contributed by atoms with Gasteiger partial charge < -0.3 is 5.73 Å². The number of sulfonamides is 1. The van der Waals surface area contributed by atoms with E-state index in [1.807, 2.05) is 0 Å². The Balaban J connectivity index is 2.88. The van der Waals surface area contributed by atoms with E-state index in [0.717, 1.165) is 5.56 Å². The van der Waals surface area contributed by atoms with E-state index in [1.165, 1.54) is 12.1 Å². The number of rotatable bonds is 3. The second-order valence-corrected chi connectivity index (χ2v) is 4.76. The molecule has 0 amide bonds. The fourth-order valence-electron chi connectivity index (χ4n) is 1.01. The van der Waals surface area contributed by atoms with Crippen molar-refractivity contribution in [2.24, 2.45) is 15.9 Å². The van der Waals surface area contributed by atoms with Crippen LogP contribution in [0, 0.1) is 0 Å². The zero-order chi connectivity index (χ0) is 12.2. The first-order chi connectivity index (χ1) is 7.39. The highest BCUT2D eigenvalue weighted by atomic mass is 32.2. The summed E-state index contributed by atoms with van der Waals surface area (Å²) in [5, 5.41) is 4.96. The van der Waals surface area contributed by atoms with E-state index in [0.29, 0.717) is 5.84 Å². The zero-order valence-electron chi connectivity index (χ0n) is 8.79. The summed E-state index contributed by atoms with van der Waals surface area (Å²) in [5.74, 6) is 0.456. The molecule has 0 radical (unpaired) electrons. The summed E-state index contributed by atoms with van der Waals surface area (Å²) in [7, 11) is -3.63. The Hall–Kier alpha value is -1.66. The van der Waals surface area contributed by atoms with E-state index < -0.39 is 10.0 Å². The van der Waals surface area contributed by atoms with Crippen LogP contribution in [0.15, 0.2) is 40.4 Å². The molecule has 0 bridgehead atoms. The minimum absolute atomic E-state index is 0.0863. The van der Waals surface area contributed by atoms with Crippen molar-refractivity contribution in [2.45, 2.75) is 11.8 Å². The smallest absolute Gasteiger partial charge is 0.238 e. The Bertz CT molecular complexity index is 512. The molecule has 1 rings (SSSR count). The highest BCUT2D eigenvalue weighted by molar-refractivity contribution is 7.89. The summed E-state index contributed by atoms with van der Waals surface area (Å²) in [6.45, 7) is 1.68. The Morgan fingerprint density at radius 1 is 1.31 bits per heavy atom. The van der Waals surface area contributed by atoms with Gasteiger partial charge in [-0.05, 0) is 30.7 Å². The number of aliphatic imine (C=N–C) groups is 1. The molecule has 16 heavy (non-hydrogen) atoms. The van der Waals surface area contributed by atoms with E-state index in [4.69, 9.17) is 10.9 Å². The van der Waals surface area contributed by atoms with Gasteiger partial charge in [-0.1, -0.05) is 12.1 Å². The van der Waals surface area contributed by atoms with Gasteiger partial charge in [0.25, 0.3) is 0 Å². The number of amidine groups is 1. The van der Waals surface area contributed by atoms with Crippen LogP contribution in [0.25, 0.3) is 6.08 Å². The minimum atomic E-state index is -3.63. The number of hydrogen-bond donors (Lipinski definition) is 2. The molecule has 0 atom stereocenters. The molecule has 0 spiro atoms. The first-order valence-corrected chi connectivity index (χ1v) is 6.03. The second-order valence-electron chi connectivity index (χ2n) is 3.20. The molecule has 0 unspecified atom stereocenters. The van der Waals surface area contributed by atoms with Gasteiger partial charge in [0.15, 0.2) is 0 Å². The topological polar surface area (TPSA) is 98.5 Å². The third-order valence-corrected chi connectivity index (χ3v) is 2.68. The molecule has 0 saturated carbocycles. The Labute approximate surface area is 94.5 Å². The van der Waals surface area contributed by atoms with Crippen molar-refractivity contribution in [2.75, 3.05) is 0 Å². The molecule has 86 valence electrons. The maximum Gasteiger partial charge on any atom is 0.238 e. The normalized spacial score (nSPS) is 13.2. The van der Waals surface area contributed by atoms with Crippen LogP contribution in [0.3, 0.4) is 0 Å². The van der Waals surface area contributed by atoms with Crippen molar-refractivity contribution in [3.8, 4) is 0 Å². The van der Waals surface area contributed by atoms with Crippen molar-refractivity contribution in [1.29, 1.82) is 0 Å². The first kappa shape index (κ1) is 12.4. The number of nitrogens with two attached hydrogens (primary N) is 2. The van der Waals surface area contributed by atoms with Gasteiger partial charge in [0.05, 0.1) is 10.7 Å². The van der Waals surface area contributed by atoms with Gasteiger partial charge >= 0.3 is 0 Å². The fraction of sp³-hybridized carbons (Fsp3) is 0.100. The molecule has 6 heteroatoms. The van der Waals surface area contributed by atoms with Gasteiger partial charge in [-0.3, -0.25) is 0 Å². The van der Waals surface area contributed by atoms with Gasteiger partial charge in [-0.25, -0.2) is 18.5 Å². The van der Waals surface area contributed by atoms with Crippen LogP contribution in [0.5, 0.6) is 0 Å². The van der Waals surface area contributed by atoms with Crippen LogP contribution in [0.1, 0.15) is 12.5 Å². The van der Waals surface area contributed by atoms with Gasteiger partial charge in [0, 0.05) is 6.20 Å². The van der Waals surface area contributed by atoms with Crippen LogP contribution in [0.4, 0.5) is 0 Å². The van der Waals surface area contributed by atoms with E-state index in [-0.39, 0.29) is 4.90 Å². The summed E-state index contributed by atoms with van der Waals surface area (Å²) < 4.78 is 21.9. The highest BCUT2D eigenvalue weighted by Crippen LogP contribution is 2.09. The standard InChI is InChI=1S/C10H13N3O2S/c1-8(11)13-7-6-9-2-4-10(5-3-9)16(12,14)15/h2-7H,1H3,(H2,11,13)(H2,12,14,15). The lowest BCUT2D eigenvalue weighted by atomic mass is 10.2. The van der Waals surface area contributed by atoms with Crippen molar-refractivity contribution >= 4 is 21.9 Å². The number of hydrogen-bond acceptors (Lipinski definition) is 3. The molecule has 0 aliphatic carbocycles. The summed E-state index contributed by atoms with van der Waals surface area (Å²) in [4.78, 5) is 3.95. The molecule has 0 fully saturated rings. The summed E-state index contributed by atoms with van der Waals surface area (Å²) >= 11 is 0. The van der Waals surface area contributed by atoms with Crippen molar-refractivity contribution in [3.05, 3.63) is 36.0 Å². The minimum Gasteiger partial charge on any atom is -0.387 e. The van der Waals surface area contributed by atoms with Crippen molar-refractivity contribution in [1.82, 2.24) is 0 Å². The van der Waals surface area contributed by atoms with Crippen LogP contribution in [-0.4, -0.2) is 14.3 Å². The second kappa shape index (κ2) is 4.91. The average molecular weight is 239 g/mol. The Kier molecular flexibility index (Phi) is 3.81. The highest BCUT2D eigenvalue weighted by Gasteiger charge is 2.05. The largest absolute Gasteiger partial charge is 0.387 e. The predicted octanol–water partition coefficient (Wildman–Crippen LogP) is 0.682. The molecule has 1 aromatic rings. The Morgan fingerprint density at radius 3 is 2.31 bits per heavy atom. The molecule has 0 aliphatic rings. The quantitative estimate of drug-likeness (QED) is 0.599. The molecule has 0 saturated heterocycles. The van der Waals surface area contributed by atoms with E-state index in [9.17, 15) is 8.42 Å². The van der Waals surface area contributed by atoms with E-state index in [1.54, 1.807) is 31.3 Å². The maximum absolute atomic E-state index is 11.0. The monoisotopic (exact) mass is 239 g/mol. The van der Waals surface area contributed by atoms with Crippen LogP contribution in [-0.2, 0) is 10.0 Å². The summed E-state index contributed by atoms with van der Waals surface area (Å²) in [6.07, 6.45) is 3.25. The SMILES string of the molecule is CC(N)=NC=Cc1ccc(S(N)(=O)=O)cc1. The molecular formula is C10H13N3O2S. The molecule has 0 aromatic heterocycles. The molecule has 5 nitrogen and oxygen atoms in total. The number of benzene rings is 1. The van der Waals surface area contributed by atoms with Gasteiger partial charge in [-0.2, -0.15) is 0 Å². The van der Waals surface area contributed by atoms with Gasteiger partial charge in [0.1, 0.15) is 0 Å². The van der Waals surface area contributed by atoms with Crippen LogP contribution < -0.4 is 10.9 Å². The third-order valence-electron chi connectivity index (χ3n) is 1.75. The number of nitrogens with zero attached hydrogens (tertiary/aromatic N) is 1. The Morgan fingerprint density at radius 2 is 1.88 bits per heavy atom. The number of primary sulfonamides is 1. The predicted molar refractivity (Wildman–Crippen MR) is 64.1 cm³/mol. The van der Waals surface area contributed by atoms with Gasteiger partial charge in [0.2, 0.25) is 10.0 Å². The average Bonchev–Trinajstić information content (AvgIpc) is 2.16. The lowest BCUT2D eigenvalue weighted by Crippen LogP contribution is -2.11. The van der Waals surface area contributed by atoms with Crippen molar-refractivity contribution in [3.63, 3.8) is 0 Å². The van der Waals surface area contributed by atoms with Gasteiger partial charge in [-0.15, -0.1) is 0 Å². The van der Waals surface area contributed by atoms with Crippen molar-refractivity contribution < 1.29 is 8.42 Å². The molecule has 0 heterocycles. The lowest BCUT2D eigenvalue weighted by molar-refractivity contribution is 0.598.